The van der Waals surface area contributed by atoms with E-state index >= 15 is 0 Å². The van der Waals surface area contributed by atoms with E-state index in [9.17, 15) is 14.0 Å². The number of amides is 2. The van der Waals surface area contributed by atoms with Gasteiger partial charge in [-0.05, 0) is 48.4 Å². The van der Waals surface area contributed by atoms with Gasteiger partial charge in [0.05, 0.1) is 12.8 Å². The highest BCUT2D eigenvalue weighted by molar-refractivity contribution is 6.06. The molecule has 5 nitrogen and oxygen atoms in total. The number of carbonyl (C=O) groups is 2. The minimum absolute atomic E-state index is 0.289. The van der Waals surface area contributed by atoms with Gasteiger partial charge in [0, 0.05) is 17.7 Å². The molecule has 0 aromatic heterocycles. The maximum atomic E-state index is 13.6. The highest BCUT2D eigenvalue weighted by Crippen LogP contribution is 2.23. The van der Waals surface area contributed by atoms with Crippen LogP contribution in [0.1, 0.15) is 26.3 Å². The minimum Gasteiger partial charge on any atom is -0.495 e. The smallest absolute Gasteiger partial charge is 0.255 e. The summed E-state index contributed by atoms with van der Waals surface area (Å²) in [6.45, 7) is 0.289. The van der Waals surface area contributed by atoms with Gasteiger partial charge in [-0.3, -0.25) is 9.59 Å². The molecule has 0 fully saturated rings. The Morgan fingerprint density at radius 2 is 1.59 bits per heavy atom. The lowest BCUT2D eigenvalue weighted by atomic mass is 10.1. The quantitative estimate of drug-likeness (QED) is 0.637. The fourth-order valence-corrected chi connectivity index (χ4v) is 2.86. The summed E-state index contributed by atoms with van der Waals surface area (Å²) in [7, 11) is 1.53. The number of carbonyl (C=O) groups excluding carboxylic acids is 2. The van der Waals surface area contributed by atoms with Gasteiger partial charge in [0.1, 0.15) is 11.6 Å². The fourth-order valence-electron chi connectivity index (χ4n) is 2.86. The first-order valence-corrected chi connectivity index (χ1v) is 9.14. The summed E-state index contributed by atoms with van der Waals surface area (Å²) in [6.07, 6.45) is 0.381. The lowest BCUT2D eigenvalue weighted by molar-refractivity contribution is 0.0954. The van der Waals surface area contributed by atoms with Crippen LogP contribution in [0.3, 0.4) is 0 Å². The molecule has 0 aliphatic carbocycles. The maximum absolute atomic E-state index is 13.6. The third-order valence-electron chi connectivity index (χ3n) is 4.38. The van der Waals surface area contributed by atoms with Crippen LogP contribution in [0.4, 0.5) is 10.1 Å². The van der Waals surface area contributed by atoms with Crippen molar-refractivity contribution in [2.24, 2.45) is 0 Å². The molecule has 0 aliphatic heterocycles. The summed E-state index contributed by atoms with van der Waals surface area (Å²) in [5, 5.41) is 5.53. The van der Waals surface area contributed by atoms with Gasteiger partial charge in [-0.15, -0.1) is 0 Å². The highest BCUT2D eigenvalue weighted by atomic mass is 19.1. The third-order valence-corrected chi connectivity index (χ3v) is 4.38. The molecule has 2 amide bonds. The van der Waals surface area contributed by atoms with Gasteiger partial charge in [-0.1, -0.05) is 36.4 Å². The molecule has 0 saturated heterocycles. The van der Waals surface area contributed by atoms with Gasteiger partial charge < -0.3 is 15.4 Å². The number of rotatable bonds is 7. The molecule has 0 unspecified atom stereocenters. The molecule has 0 heterocycles. The molecule has 3 aromatic rings. The maximum Gasteiger partial charge on any atom is 0.255 e. The first kappa shape index (κ1) is 20.1. The molecule has 0 aliphatic rings. The number of hydrogen-bond acceptors (Lipinski definition) is 3. The molecule has 2 N–H and O–H groups in total. The van der Waals surface area contributed by atoms with E-state index in [1.165, 1.54) is 19.2 Å². The summed E-state index contributed by atoms with van der Waals surface area (Å²) in [4.78, 5) is 25.0. The summed E-state index contributed by atoms with van der Waals surface area (Å²) >= 11 is 0. The number of para-hydroxylation sites is 2. The Morgan fingerprint density at radius 1 is 0.897 bits per heavy atom. The van der Waals surface area contributed by atoms with Crippen molar-refractivity contribution in [3.63, 3.8) is 0 Å². The van der Waals surface area contributed by atoms with Crippen molar-refractivity contribution in [1.29, 1.82) is 0 Å². The van der Waals surface area contributed by atoms with Crippen molar-refractivity contribution in [2.45, 2.75) is 6.42 Å². The number of hydrogen-bond donors (Lipinski definition) is 2. The molecule has 0 spiro atoms. The van der Waals surface area contributed by atoms with Gasteiger partial charge in [-0.2, -0.15) is 0 Å². The Labute approximate surface area is 168 Å². The first-order valence-electron chi connectivity index (χ1n) is 9.14. The Morgan fingerprint density at radius 3 is 2.34 bits per heavy atom. The Kier molecular flexibility index (Phi) is 6.58. The summed E-state index contributed by atoms with van der Waals surface area (Å²) < 4.78 is 18.9. The average Bonchev–Trinajstić information content (AvgIpc) is 2.75. The second-order valence-corrected chi connectivity index (χ2v) is 6.33. The minimum atomic E-state index is -0.351. The van der Waals surface area contributed by atoms with E-state index in [0.717, 1.165) is 0 Å². The molecule has 148 valence electrons. The monoisotopic (exact) mass is 392 g/mol. The number of anilines is 1. The summed E-state index contributed by atoms with van der Waals surface area (Å²) in [5.41, 5.74) is 1.78. The number of nitrogens with one attached hydrogen (secondary N) is 2. The molecule has 0 radical (unpaired) electrons. The van der Waals surface area contributed by atoms with Crippen LogP contribution >= 0.6 is 0 Å². The standard InChI is InChI=1S/C23H21FN2O3/c1-29-21-12-5-4-11-20(21)26-23(28)18-9-6-8-17(15-18)22(27)25-14-13-16-7-2-3-10-19(16)24/h2-12,15H,13-14H2,1H3,(H,25,27)(H,26,28). The zero-order valence-electron chi connectivity index (χ0n) is 15.9. The molecule has 3 aromatic carbocycles. The van der Waals surface area contributed by atoms with Gasteiger partial charge in [0.15, 0.2) is 0 Å². The summed E-state index contributed by atoms with van der Waals surface area (Å²) in [5.74, 6) is -0.427. The van der Waals surface area contributed by atoms with Crippen LogP contribution in [0, 0.1) is 5.82 Å². The van der Waals surface area contributed by atoms with Crippen LogP contribution in [-0.2, 0) is 6.42 Å². The average molecular weight is 392 g/mol. The molecule has 29 heavy (non-hydrogen) atoms. The largest absolute Gasteiger partial charge is 0.495 e. The van der Waals surface area contributed by atoms with Crippen LogP contribution in [-0.4, -0.2) is 25.5 Å². The van der Waals surface area contributed by atoms with Crippen LogP contribution in [0.2, 0.25) is 0 Å². The van der Waals surface area contributed by atoms with Crippen molar-refractivity contribution in [3.8, 4) is 5.75 Å². The topological polar surface area (TPSA) is 67.4 Å². The van der Waals surface area contributed by atoms with Crippen LogP contribution < -0.4 is 15.4 Å². The normalized spacial score (nSPS) is 10.3. The predicted molar refractivity (Wildman–Crippen MR) is 110 cm³/mol. The van der Waals surface area contributed by atoms with E-state index in [1.807, 2.05) is 0 Å². The SMILES string of the molecule is COc1ccccc1NC(=O)c1cccc(C(=O)NCCc2ccccc2F)c1. The first-order chi connectivity index (χ1) is 14.1. The van der Waals surface area contributed by atoms with E-state index in [4.69, 9.17) is 4.74 Å². The third kappa shape index (κ3) is 5.19. The van der Waals surface area contributed by atoms with Gasteiger partial charge in [0.2, 0.25) is 0 Å². The summed E-state index contributed by atoms with van der Waals surface area (Å²) in [6, 6.07) is 19.9. The van der Waals surface area contributed by atoms with Crippen molar-refractivity contribution >= 4 is 17.5 Å². The van der Waals surface area contributed by atoms with E-state index in [-0.39, 0.29) is 24.2 Å². The number of benzene rings is 3. The number of methoxy groups -OCH3 is 1. The second-order valence-electron chi connectivity index (χ2n) is 6.33. The van der Waals surface area contributed by atoms with E-state index in [1.54, 1.807) is 60.7 Å². The molecular weight excluding hydrogens is 371 g/mol. The molecule has 0 bridgehead atoms. The molecular formula is C23H21FN2O3. The van der Waals surface area contributed by atoms with Gasteiger partial charge in [0.25, 0.3) is 11.8 Å². The molecule has 3 rings (SSSR count). The lowest BCUT2D eigenvalue weighted by Crippen LogP contribution is -2.26. The second kappa shape index (κ2) is 9.50. The predicted octanol–water partition coefficient (Wildman–Crippen LogP) is 4.06. The lowest BCUT2D eigenvalue weighted by Gasteiger charge is -2.11. The van der Waals surface area contributed by atoms with Crippen molar-refractivity contribution in [1.82, 2.24) is 5.32 Å². The number of halogens is 1. The molecule has 0 saturated carbocycles. The van der Waals surface area contributed by atoms with Gasteiger partial charge >= 0.3 is 0 Å². The van der Waals surface area contributed by atoms with Crippen molar-refractivity contribution in [2.75, 3.05) is 19.0 Å². The van der Waals surface area contributed by atoms with Crippen LogP contribution in [0.5, 0.6) is 5.75 Å². The van der Waals surface area contributed by atoms with Gasteiger partial charge in [-0.25, -0.2) is 4.39 Å². The Bertz CT molecular complexity index is 1020. The fraction of sp³-hybridized carbons (Fsp3) is 0.130. The van der Waals surface area contributed by atoms with E-state index in [2.05, 4.69) is 10.6 Å². The van der Waals surface area contributed by atoms with Crippen LogP contribution in [0.25, 0.3) is 0 Å². The highest BCUT2D eigenvalue weighted by Gasteiger charge is 2.12. The Hall–Kier alpha value is -3.67. The molecule has 0 atom stereocenters. The van der Waals surface area contributed by atoms with Crippen LogP contribution in [0.15, 0.2) is 72.8 Å². The van der Waals surface area contributed by atoms with E-state index < -0.39 is 0 Å². The zero-order valence-corrected chi connectivity index (χ0v) is 15.9. The zero-order chi connectivity index (χ0) is 20.6. The number of ether oxygens (including phenoxy) is 1. The Balaban J connectivity index is 1.63. The van der Waals surface area contributed by atoms with E-state index in [0.29, 0.717) is 34.5 Å². The van der Waals surface area contributed by atoms with Crippen molar-refractivity contribution in [3.05, 3.63) is 95.3 Å². The van der Waals surface area contributed by atoms with Crippen molar-refractivity contribution < 1.29 is 18.7 Å². The molecule has 6 heteroatoms.